The fourth-order valence-corrected chi connectivity index (χ4v) is 5.21. The average molecular weight is 479 g/mol. The third-order valence-corrected chi connectivity index (χ3v) is 7.54. The lowest BCUT2D eigenvalue weighted by Crippen LogP contribution is -2.17. The molecule has 0 bridgehead atoms. The quantitative estimate of drug-likeness (QED) is 0.372. The Morgan fingerprint density at radius 1 is 0.909 bits per heavy atom. The van der Waals surface area contributed by atoms with Crippen LogP contribution in [0.2, 0.25) is 0 Å². The minimum Gasteiger partial charge on any atom is -0.497 e. The number of rotatable bonds is 8. The summed E-state index contributed by atoms with van der Waals surface area (Å²) >= 11 is 1.30. The van der Waals surface area contributed by atoms with Crippen LogP contribution in [0, 0.1) is 0 Å². The Kier molecular flexibility index (Phi) is 6.86. The molecule has 0 saturated carbocycles. The van der Waals surface area contributed by atoms with E-state index < -0.39 is 15.7 Å². The van der Waals surface area contributed by atoms with Gasteiger partial charge in [-0.15, -0.1) is 11.3 Å². The molecule has 8 heteroatoms. The molecule has 0 saturated heterocycles. The first-order valence-electron chi connectivity index (χ1n) is 10.2. The zero-order valence-electron chi connectivity index (χ0n) is 17.9. The molecule has 4 aromatic rings. The van der Waals surface area contributed by atoms with Crippen molar-refractivity contribution >= 4 is 32.2 Å². The Morgan fingerprint density at radius 3 is 2.21 bits per heavy atom. The molecule has 4 rings (SSSR count). The van der Waals surface area contributed by atoms with E-state index in [0.29, 0.717) is 10.9 Å². The second-order valence-electron chi connectivity index (χ2n) is 7.27. The number of ether oxygens (including phenoxy) is 1. The van der Waals surface area contributed by atoms with Crippen LogP contribution in [0.4, 0.5) is 5.13 Å². The number of hydrogen-bond donors (Lipinski definition) is 1. The number of nitrogens with zero attached hydrogens (tertiary/aromatic N) is 1. The summed E-state index contributed by atoms with van der Waals surface area (Å²) < 4.78 is 30.0. The monoisotopic (exact) mass is 478 g/mol. The summed E-state index contributed by atoms with van der Waals surface area (Å²) in [6.07, 6.45) is -0.158. The van der Waals surface area contributed by atoms with E-state index in [-0.39, 0.29) is 17.1 Å². The van der Waals surface area contributed by atoms with Gasteiger partial charge in [0.1, 0.15) is 5.75 Å². The van der Waals surface area contributed by atoms with Crippen molar-refractivity contribution in [3.8, 4) is 28.1 Å². The largest absolute Gasteiger partial charge is 0.497 e. The van der Waals surface area contributed by atoms with Gasteiger partial charge in [0, 0.05) is 17.4 Å². The van der Waals surface area contributed by atoms with Crippen LogP contribution in [0.15, 0.2) is 89.1 Å². The predicted molar refractivity (Wildman–Crippen MR) is 131 cm³/mol. The zero-order valence-corrected chi connectivity index (χ0v) is 19.5. The summed E-state index contributed by atoms with van der Waals surface area (Å²) in [5.41, 5.74) is 3.94. The van der Waals surface area contributed by atoms with Gasteiger partial charge in [-0.1, -0.05) is 54.6 Å². The molecule has 0 aliphatic rings. The van der Waals surface area contributed by atoms with Crippen LogP contribution in [0.1, 0.15) is 6.42 Å². The number of benzene rings is 3. The van der Waals surface area contributed by atoms with Gasteiger partial charge in [-0.25, -0.2) is 13.4 Å². The van der Waals surface area contributed by atoms with Gasteiger partial charge in [-0.05, 0) is 35.4 Å². The Bertz CT molecular complexity index is 1330. The van der Waals surface area contributed by atoms with E-state index in [1.165, 1.54) is 30.6 Å². The Labute approximate surface area is 196 Å². The molecule has 0 radical (unpaired) electrons. The van der Waals surface area contributed by atoms with Crippen molar-refractivity contribution in [2.24, 2.45) is 0 Å². The van der Waals surface area contributed by atoms with Gasteiger partial charge >= 0.3 is 0 Å². The van der Waals surface area contributed by atoms with Crippen molar-refractivity contribution in [3.63, 3.8) is 0 Å². The summed E-state index contributed by atoms with van der Waals surface area (Å²) in [4.78, 5) is 16.9. The topological polar surface area (TPSA) is 85.4 Å². The molecular formula is C25H22N2O4S2. The van der Waals surface area contributed by atoms with Crippen molar-refractivity contribution in [1.29, 1.82) is 0 Å². The first kappa shape index (κ1) is 22.7. The molecule has 1 heterocycles. The second-order valence-corrected chi connectivity index (χ2v) is 10.2. The third kappa shape index (κ3) is 5.66. The van der Waals surface area contributed by atoms with E-state index in [2.05, 4.69) is 22.4 Å². The molecule has 0 spiro atoms. The highest BCUT2D eigenvalue weighted by molar-refractivity contribution is 7.91. The van der Waals surface area contributed by atoms with E-state index in [0.717, 1.165) is 22.4 Å². The molecule has 0 aliphatic heterocycles. The Hall–Kier alpha value is -3.49. The molecule has 168 valence electrons. The van der Waals surface area contributed by atoms with Crippen LogP contribution >= 0.6 is 11.3 Å². The second kappa shape index (κ2) is 9.97. The number of carbonyl (C=O) groups excluding carboxylic acids is 1. The third-order valence-electron chi connectivity index (χ3n) is 5.05. The lowest BCUT2D eigenvalue weighted by Gasteiger charge is -2.06. The molecule has 0 fully saturated rings. The number of carbonyl (C=O) groups is 1. The van der Waals surface area contributed by atoms with Gasteiger partial charge in [0.15, 0.2) is 15.0 Å². The minimum atomic E-state index is -3.57. The normalized spacial score (nSPS) is 11.2. The van der Waals surface area contributed by atoms with Crippen molar-refractivity contribution in [3.05, 3.63) is 84.2 Å². The number of hydrogen-bond acceptors (Lipinski definition) is 6. The van der Waals surface area contributed by atoms with E-state index in [1.54, 1.807) is 12.1 Å². The number of anilines is 1. The highest BCUT2D eigenvalue weighted by Crippen LogP contribution is 2.28. The average Bonchev–Trinajstić information content (AvgIpc) is 3.32. The summed E-state index contributed by atoms with van der Waals surface area (Å²) in [5.74, 6) is -0.113. The number of aromatic nitrogens is 1. The zero-order chi connectivity index (χ0) is 23.3. The maximum absolute atomic E-state index is 12.5. The first-order valence-corrected chi connectivity index (χ1v) is 12.8. The molecule has 33 heavy (non-hydrogen) atoms. The van der Waals surface area contributed by atoms with Gasteiger partial charge in [-0.3, -0.25) is 4.79 Å². The smallest absolute Gasteiger partial charge is 0.227 e. The summed E-state index contributed by atoms with van der Waals surface area (Å²) in [7, 11) is -2.06. The van der Waals surface area contributed by atoms with Crippen LogP contribution in [-0.4, -0.2) is 32.2 Å². The van der Waals surface area contributed by atoms with Crippen LogP contribution in [0.3, 0.4) is 0 Å². The van der Waals surface area contributed by atoms with Crippen LogP contribution < -0.4 is 10.1 Å². The molecule has 1 amide bonds. The minimum absolute atomic E-state index is 0.158. The van der Waals surface area contributed by atoms with Crippen LogP contribution in [0.5, 0.6) is 5.75 Å². The standard InChI is InChI=1S/C25H22N2O4S2/c1-31-21-11-13-22(14-12-21)33(29,30)16-15-24(28)27-25-26-23(17-32-25)20-9-7-19(8-10-20)18-5-3-2-4-6-18/h2-14,17H,15-16H2,1H3,(H,26,27,28). The number of sulfone groups is 1. The molecule has 1 N–H and O–H groups in total. The Morgan fingerprint density at radius 2 is 1.55 bits per heavy atom. The molecule has 1 aromatic heterocycles. The van der Waals surface area contributed by atoms with Gasteiger partial charge in [0.25, 0.3) is 0 Å². The molecule has 0 unspecified atom stereocenters. The van der Waals surface area contributed by atoms with Gasteiger partial charge < -0.3 is 10.1 Å². The number of thiazole rings is 1. The molecular weight excluding hydrogens is 456 g/mol. The molecule has 0 aliphatic carbocycles. The van der Waals surface area contributed by atoms with E-state index in [4.69, 9.17) is 4.74 Å². The summed E-state index contributed by atoms with van der Waals surface area (Å²) in [6, 6.07) is 24.3. The number of methoxy groups -OCH3 is 1. The molecule has 6 nitrogen and oxygen atoms in total. The Balaban J connectivity index is 1.35. The van der Waals surface area contributed by atoms with E-state index >= 15 is 0 Å². The van der Waals surface area contributed by atoms with E-state index in [9.17, 15) is 13.2 Å². The van der Waals surface area contributed by atoms with Crippen LogP contribution in [0.25, 0.3) is 22.4 Å². The van der Waals surface area contributed by atoms with Crippen molar-refractivity contribution in [2.45, 2.75) is 11.3 Å². The van der Waals surface area contributed by atoms with Crippen LogP contribution in [-0.2, 0) is 14.6 Å². The number of nitrogens with one attached hydrogen (secondary N) is 1. The fraction of sp³-hybridized carbons (Fsp3) is 0.120. The maximum atomic E-state index is 12.5. The van der Waals surface area contributed by atoms with Crippen molar-refractivity contribution in [1.82, 2.24) is 4.98 Å². The lowest BCUT2D eigenvalue weighted by atomic mass is 10.0. The summed E-state index contributed by atoms with van der Waals surface area (Å²) in [5, 5.41) is 4.99. The highest BCUT2D eigenvalue weighted by atomic mass is 32.2. The highest BCUT2D eigenvalue weighted by Gasteiger charge is 2.17. The molecule has 3 aromatic carbocycles. The van der Waals surface area contributed by atoms with Crippen molar-refractivity contribution in [2.75, 3.05) is 18.2 Å². The van der Waals surface area contributed by atoms with Gasteiger partial charge in [0.2, 0.25) is 5.91 Å². The van der Waals surface area contributed by atoms with E-state index in [1.807, 2.05) is 47.8 Å². The predicted octanol–water partition coefficient (Wildman–Crippen LogP) is 5.29. The summed E-state index contributed by atoms with van der Waals surface area (Å²) in [6.45, 7) is 0. The fourth-order valence-electron chi connectivity index (χ4n) is 3.24. The lowest BCUT2D eigenvalue weighted by molar-refractivity contribution is -0.115. The number of amides is 1. The first-order chi connectivity index (χ1) is 15.9. The van der Waals surface area contributed by atoms with Crippen molar-refractivity contribution < 1.29 is 17.9 Å². The molecule has 0 atom stereocenters. The van der Waals surface area contributed by atoms with Gasteiger partial charge in [-0.2, -0.15) is 0 Å². The SMILES string of the molecule is COc1ccc(S(=O)(=O)CCC(=O)Nc2nc(-c3ccc(-c4ccccc4)cc3)cs2)cc1. The van der Waals surface area contributed by atoms with Gasteiger partial charge in [0.05, 0.1) is 23.5 Å². The maximum Gasteiger partial charge on any atom is 0.227 e.